The third-order valence-corrected chi connectivity index (χ3v) is 3.25. The molecule has 1 amide bonds. The molecule has 0 aliphatic heterocycles. The number of aromatic hydroxyl groups is 1. The van der Waals surface area contributed by atoms with E-state index in [0.717, 1.165) is 0 Å². The van der Waals surface area contributed by atoms with E-state index in [9.17, 15) is 9.90 Å². The van der Waals surface area contributed by atoms with Crippen LogP contribution in [0.2, 0.25) is 5.02 Å². The first kappa shape index (κ1) is 16.6. The fraction of sp³-hybridized carbons (Fsp3) is 0.125. The molecular weight excluding hydrogens is 318 g/mol. The van der Waals surface area contributed by atoms with Crippen LogP contribution in [0, 0.1) is 0 Å². The minimum absolute atomic E-state index is 0.00293. The molecule has 2 rings (SSSR count). The number of nitrogens with zero attached hydrogens (tertiary/aromatic N) is 1. The van der Waals surface area contributed by atoms with Crippen LogP contribution in [-0.2, 0) is 4.79 Å². The Labute approximate surface area is 138 Å². The quantitative estimate of drug-likeness (QED) is 0.560. The zero-order chi connectivity index (χ0) is 16.7. The van der Waals surface area contributed by atoms with Crippen LogP contribution in [-0.4, -0.2) is 30.9 Å². The maximum atomic E-state index is 11.7. The largest absolute Gasteiger partial charge is 0.504 e. The number of halogens is 1. The molecule has 0 aromatic heterocycles. The van der Waals surface area contributed by atoms with E-state index in [2.05, 4.69) is 15.8 Å². The molecule has 0 saturated carbocycles. The predicted octanol–water partition coefficient (Wildman–Crippen LogP) is 2.62. The summed E-state index contributed by atoms with van der Waals surface area (Å²) in [5.41, 5.74) is 3.68. The molecule has 2 aromatic rings. The van der Waals surface area contributed by atoms with Crippen LogP contribution in [0.1, 0.15) is 5.56 Å². The molecule has 7 heteroatoms. The molecule has 0 unspecified atom stereocenters. The molecule has 3 N–H and O–H groups in total. The van der Waals surface area contributed by atoms with Crippen LogP contribution in [0.5, 0.6) is 11.5 Å². The van der Waals surface area contributed by atoms with E-state index in [4.69, 9.17) is 16.3 Å². The number of nitrogens with one attached hydrogen (secondary N) is 2. The number of carbonyl (C=O) groups excluding carboxylic acids is 1. The number of methoxy groups -OCH3 is 1. The first-order valence-corrected chi connectivity index (χ1v) is 7.15. The smallest absolute Gasteiger partial charge is 0.259 e. The van der Waals surface area contributed by atoms with Crippen LogP contribution in [0.15, 0.2) is 47.6 Å². The van der Waals surface area contributed by atoms with Gasteiger partial charge in [-0.1, -0.05) is 23.7 Å². The highest BCUT2D eigenvalue weighted by Gasteiger charge is 2.03. The number of hydrogen-bond acceptors (Lipinski definition) is 5. The van der Waals surface area contributed by atoms with Crippen molar-refractivity contribution in [2.45, 2.75) is 0 Å². The highest BCUT2D eigenvalue weighted by molar-refractivity contribution is 6.33. The van der Waals surface area contributed by atoms with Crippen LogP contribution in [0.4, 0.5) is 5.69 Å². The summed E-state index contributed by atoms with van der Waals surface area (Å²) < 4.78 is 4.94. The van der Waals surface area contributed by atoms with E-state index in [-0.39, 0.29) is 18.2 Å². The highest BCUT2D eigenvalue weighted by atomic mass is 35.5. The van der Waals surface area contributed by atoms with Gasteiger partial charge in [-0.3, -0.25) is 4.79 Å². The SMILES string of the molecule is COc1ccc(/C=N\NC(=O)CNc2ccccc2Cl)cc1O. The first-order valence-electron chi connectivity index (χ1n) is 6.77. The van der Waals surface area contributed by atoms with Crippen molar-refractivity contribution >= 4 is 29.4 Å². The number of rotatable bonds is 6. The van der Waals surface area contributed by atoms with E-state index in [1.807, 2.05) is 12.1 Å². The average Bonchev–Trinajstić information content (AvgIpc) is 2.54. The van der Waals surface area contributed by atoms with Crippen molar-refractivity contribution in [1.82, 2.24) is 5.43 Å². The van der Waals surface area contributed by atoms with Gasteiger partial charge in [0.2, 0.25) is 0 Å². The highest BCUT2D eigenvalue weighted by Crippen LogP contribution is 2.25. The Bertz CT molecular complexity index is 719. The lowest BCUT2D eigenvalue weighted by Crippen LogP contribution is -2.25. The Kier molecular flexibility index (Phi) is 5.82. The zero-order valence-corrected chi connectivity index (χ0v) is 13.2. The Morgan fingerprint density at radius 1 is 1.35 bits per heavy atom. The fourth-order valence-electron chi connectivity index (χ4n) is 1.79. The Balaban J connectivity index is 1.84. The summed E-state index contributed by atoms with van der Waals surface area (Å²) in [6.07, 6.45) is 1.42. The van der Waals surface area contributed by atoms with E-state index in [0.29, 0.717) is 22.0 Å². The number of para-hydroxylation sites is 1. The summed E-state index contributed by atoms with van der Waals surface area (Å²) in [4.78, 5) is 11.7. The number of phenolic OH excluding ortho intramolecular Hbond substituents is 1. The van der Waals surface area contributed by atoms with Gasteiger partial charge in [0.25, 0.3) is 5.91 Å². The second-order valence-corrected chi connectivity index (χ2v) is 4.97. The fourth-order valence-corrected chi connectivity index (χ4v) is 1.99. The summed E-state index contributed by atoms with van der Waals surface area (Å²) in [7, 11) is 1.47. The number of anilines is 1. The molecule has 0 atom stereocenters. The molecule has 0 aliphatic carbocycles. The Morgan fingerprint density at radius 2 is 2.13 bits per heavy atom. The maximum Gasteiger partial charge on any atom is 0.259 e. The minimum atomic E-state index is -0.320. The van der Waals surface area contributed by atoms with Gasteiger partial charge in [0, 0.05) is 0 Å². The van der Waals surface area contributed by atoms with Crippen LogP contribution >= 0.6 is 11.6 Å². The minimum Gasteiger partial charge on any atom is -0.504 e. The van der Waals surface area contributed by atoms with Gasteiger partial charge in [-0.25, -0.2) is 5.43 Å². The molecule has 120 valence electrons. The van der Waals surface area contributed by atoms with Crippen molar-refractivity contribution in [1.29, 1.82) is 0 Å². The lowest BCUT2D eigenvalue weighted by Gasteiger charge is -2.06. The molecule has 0 fully saturated rings. The lowest BCUT2D eigenvalue weighted by molar-refractivity contribution is -0.119. The van der Waals surface area contributed by atoms with Gasteiger partial charge in [-0.05, 0) is 35.9 Å². The summed E-state index contributed by atoms with van der Waals surface area (Å²) in [6.45, 7) is 0.0366. The number of amides is 1. The third kappa shape index (κ3) is 4.89. The Morgan fingerprint density at radius 3 is 2.83 bits per heavy atom. The first-order chi connectivity index (χ1) is 11.1. The molecular formula is C16H16ClN3O3. The van der Waals surface area contributed by atoms with Crippen molar-refractivity contribution < 1.29 is 14.6 Å². The predicted molar refractivity (Wildman–Crippen MR) is 90.3 cm³/mol. The molecule has 0 radical (unpaired) electrons. The third-order valence-electron chi connectivity index (χ3n) is 2.92. The van der Waals surface area contributed by atoms with Crippen molar-refractivity contribution in [3.63, 3.8) is 0 Å². The molecule has 0 spiro atoms. The van der Waals surface area contributed by atoms with Gasteiger partial charge in [0.1, 0.15) is 0 Å². The topological polar surface area (TPSA) is 83.0 Å². The van der Waals surface area contributed by atoms with Crippen LogP contribution in [0.25, 0.3) is 0 Å². The summed E-state index contributed by atoms with van der Waals surface area (Å²) in [5, 5.41) is 16.9. The molecule has 0 saturated heterocycles. The van der Waals surface area contributed by atoms with E-state index in [1.54, 1.807) is 24.3 Å². The van der Waals surface area contributed by atoms with Crippen molar-refractivity contribution in [3.05, 3.63) is 53.1 Å². The van der Waals surface area contributed by atoms with Crippen molar-refractivity contribution in [2.75, 3.05) is 19.0 Å². The van der Waals surface area contributed by atoms with Gasteiger partial charge < -0.3 is 15.2 Å². The monoisotopic (exact) mass is 333 g/mol. The summed E-state index contributed by atoms with van der Waals surface area (Å²) in [6, 6.07) is 11.9. The van der Waals surface area contributed by atoms with E-state index in [1.165, 1.54) is 19.4 Å². The van der Waals surface area contributed by atoms with E-state index < -0.39 is 0 Å². The van der Waals surface area contributed by atoms with Crippen LogP contribution < -0.4 is 15.5 Å². The number of phenols is 1. The van der Waals surface area contributed by atoms with Crippen molar-refractivity contribution in [2.24, 2.45) is 5.10 Å². The number of ether oxygens (including phenoxy) is 1. The van der Waals surface area contributed by atoms with Gasteiger partial charge in [-0.15, -0.1) is 0 Å². The van der Waals surface area contributed by atoms with Gasteiger partial charge in [0.05, 0.1) is 30.6 Å². The lowest BCUT2D eigenvalue weighted by atomic mass is 10.2. The molecule has 0 aliphatic rings. The van der Waals surface area contributed by atoms with Gasteiger partial charge in [-0.2, -0.15) is 5.10 Å². The summed E-state index contributed by atoms with van der Waals surface area (Å²) >= 11 is 5.97. The average molecular weight is 334 g/mol. The van der Waals surface area contributed by atoms with E-state index >= 15 is 0 Å². The summed E-state index contributed by atoms with van der Waals surface area (Å²) in [5.74, 6) is 0.0530. The second-order valence-electron chi connectivity index (χ2n) is 4.56. The Hall–Kier alpha value is -2.73. The molecule has 23 heavy (non-hydrogen) atoms. The molecule has 0 bridgehead atoms. The van der Waals surface area contributed by atoms with Crippen molar-refractivity contribution in [3.8, 4) is 11.5 Å². The number of carbonyl (C=O) groups is 1. The number of hydrogen-bond donors (Lipinski definition) is 3. The zero-order valence-electron chi connectivity index (χ0n) is 12.4. The molecule has 2 aromatic carbocycles. The molecule has 0 heterocycles. The van der Waals surface area contributed by atoms with Gasteiger partial charge >= 0.3 is 0 Å². The van der Waals surface area contributed by atoms with Gasteiger partial charge in [0.15, 0.2) is 11.5 Å². The maximum absolute atomic E-state index is 11.7. The van der Waals surface area contributed by atoms with Crippen LogP contribution in [0.3, 0.4) is 0 Å². The number of benzene rings is 2. The standard InChI is InChI=1S/C16H16ClN3O3/c1-23-15-7-6-11(8-14(15)21)9-19-20-16(22)10-18-13-5-3-2-4-12(13)17/h2-9,18,21H,10H2,1H3,(H,20,22)/b19-9-. The molecule has 6 nitrogen and oxygen atoms in total. The number of hydrazone groups is 1. The normalized spacial score (nSPS) is 10.5. The second kappa shape index (κ2) is 8.05.